The zero-order valence-corrected chi connectivity index (χ0v) is 12.7. The predicted molar refractivity (Wildman–Crippen MR) is 74.0 cm³/mol. The first kappa shape index (κ1) is 14.8. The molecular formula is C13H19N5O4. The summed E-state index contributed by atoms with van der Waals surface area (Å²) in [5.41, 5.74) is -0.451. The Morgan fingerprint density at radius 2 is 2.27 bits per heavy atom. The molecule has 2 aliphatic rings. The van der Waals surface area contributed by atoms with Gasteiger partial charge in [0.1, 0.15) is 5.60 Å². The lowest BCUT2D eigenvalue weighted by atomic mass is 9.93. The average Bonchev–Trinajstić information content (AvgIpc) is 3.04. The van der Waals surface area contributed by atoms with Crippen molar-refractivity contribution in [3.05, 3.63) is 11.7 Å². The Bertz CT molecular complexity index is 589. The Balaban J connectivity index is 1.65. The molecule has 1 aromatic rings. The molecule has 2 aliphatic heterocycles. The molecule has 3 heterocycles. The van der Waals surface area contributed by atoms with Crippen LogP contribution < -0.4 is 5.32 Å². The fourth-order valence-electron chi connectivity index (χ4n) is 3.04. The van der Waals surface area contributed by atoms with Crippen molar-refractivity contribution in [3.63, 3.8) is 0 Å². The third kappa shape index (κ3) is 2.76. The molecular weight excluding hydrogens is 290 g/mol. The van der Waals surface area contributed by atoms with Crippen molar-refractivity contribution in [2.75, 3.05) is 33.7 Å². The summed E-state index contributed by atoms with van der Waals surface area (Å²) >= 11 is 0. The fraction of sp³-hybridized carbons (Fsp3) is 0.692. The van der Waals surface area contributed by atoms with E-state index in [-0.39, 0.29) is 17.8 Å². The van der Waals surface area contributed by atoms with Gasteiger partial charge < -0.3 is 19.5 Å². The van der Waals surface area contributed by atoms with Crippen molar-refractivity contribution in [3.8, 4) is 0 Å². The van der Waals surface area contributed by atoms with Crippen molar-refractivity contribution in [2.24, 2.45) is 0 Å². The molecule has 1 atom stereocenters. The summed E-state index contributed by atoms with van der Waals surface area (Å²) in [5, 5.41) is 6.09. The van der Waals surface area contributed by atoms with Crippen LogP contribution in [0.15, 0.2) is 4.52 Å². The molecule has 9 heteroatoms. The van der Waals surface area contributed by atoms with E-state index >= 15 is 0 Å². The molecule has 1 spiro atoms. The molecule has 3 rings (SSSR count). The molecule has 1 unspecified atom stereocenters. The Morgan fingerprint density at radius 1 is 1.45 bits per heavy atom. The minimum atomic E-state index is -0.451. The van der Waals surface area contributed by atoms with E-state index in [9.17, 15) is 9.59 Å². The van der Waals surface area contributed by atoms with Crippen LogP contribution in [0.3, 0.4) is 0 Å². The largest absolute Gasteiger partial charge is 0.440 e. The van der Waals surface area contributed by atoms with Gasteiger partial charge in [0.25, 0.3) is 11.7 Å². The Labute approximate surface area is 127 Å². The summed E-state index contributed by atoms with van der Waals surface area (Å²) in [4.78, 5) is 30.8. The average molecular weight is 309 g/mol. The predicted octanol–water partition coefficient (Wildman–Crippen LogP) is -0.154. The third-order valence-corrected chi connectivity index (χ3v) is 4.02. The standard InChI is InChI=1S/C13H19N5O4/c1-14-11(19)10-15-9(22-16-10)6-18-5-3-4-13(8-18)7-17(2)12(20)21-13/h3-8H2,1-2H3,(H,14,19). The van der Waals surface area contributed by atoms with Crippen LogP contribution in [-0.2, 0) is 11.3 Å². The van der Waals surface area contributed by atoms with Gasteiger partial charge >= 0.3 is 6.09 Å². The molecule has 0 aromatic carbocycles. The van der Waals surface area contributed by atoms with Crippen molar-refractivity contribution in [2.45, 2.75) is 25.0 Å². The van der Waals surface area contributed by atoms with Crippen LogP contribution in [0.2, 0.25) is 0 Å². The number of aromatic nitrogens is 2. The van der Waals surface area contributed by atoms with Gasteiger partial charge in [-0.05, 0) is 19.4 Å². The minimum Gasteiger partial charge on any atom is -0.440 e. The smallest absolute Gasteiger partial charge is 0.410 e. The number of carbonyl (C=O) groups excluding carboxylic acids is 2. The molecule has 1 aromatic heterocycles. The highest BCUT2D eigenvalue weighted by molar-refractivity contribution is 5.89. The first-order valence-electron chi connectivity index (χ1n) is 7.22. The number of hydrogen-bond acceptors (Lipinski definition) is 7. The van der Waals surface area contributed by atoms with E-state index in [1.165, 1.54) is 7.05 Å². The number of rotatable bonds is 3. The lowest BCUT2D eigenvalue weighted by Gasteiger charge is -2.37. The fourth-order valence-corrected chi connectivity index (χ4v) is 3.04. The van der Waals surface area contributed by atoms with Gasteiger partial charge in [-0.25, -0.2) is 4.79 Å². The highest BCUT2D eigenvalue weighted by Crippen LogP contribution is 2.31. The molecule has 22 heavy (non-hydrogen) atoms. The van der Waals surface area contributed by atoms with E-state index in [0.29, 0.717) is 25.5 Å². The van der Waals surface area contributed by atoms with Gasteiger partial charge in [0.05, 0.1) is 13.1 Å². The van der Waals surface area contributed by atoms with Crippen molar-refractivity contribution in [1.29, 1.82) is 0 Å². The number of likely N-dealkylation sites (N-methyl/N-ethyl adjacent to an activating group) is 1. The van der Waals surface area contributed by atoms with Crippen LogP contribution >= 0.6 is 0 Å². The SMILES string of the molecule is CNC(=O)c1noc(CN2CCCC3(C2)CN(C)C(=O)O3)n1. The number of hydrogen-bond donors (Lipinski definition) is 1. The highest BCUT2D eigenvalue weighted by atomic mass is 16.6. The van der Waals surface area contributed by atoms with Crippen molar-refractivity contribution >= 4 is 12.0 Å². The molecule has 120 valence electrons. The Hall–Kier alpha value is -2.16. The summed E-state index contributed by atoms with van der Waals surface area (Å²) < 4.78 is 10.6. The quantitative estimate of drug-likeness (QED) is 0.828. The molecule has 0 radical (unpaired) electrons. The van der Waals surface area contributed by atoms with E-state index in [0.717, 1.165) is 19.4 Å². The Morgan fingerprint density at radius 3 is 2.95 bits per heavy atom. The number of ether oxygens (including phenoxy) is 1. The summed E-state index contributed by atoms with van der Waals surface area (Å²) in [7, 11) is 3.25. The highest BCUT2D eigenvalue weighted by Gasteiger charge is 2.46. The van der Waals surface area contributed by atoms with E-state index in [1.54, 1.807) is 11.9 Å². The van der Waals surface area contributed by atoms with Crippen LogP contribution in [0.1, 0.15) is 29.4 Å². The van der Waals surface area contributed by atoms with E-state index < -0.39 is 5.60 Å². The van der Waals surface area contributed by atoms with Gasteiger partial charge in [-0.15, -0.1) is 0 Å². The minimum absolute atomic E-state index is 0.0243. The number of nitrogens with one attached hydrogen (secondary N) is 1. The van der Waals surface area contributed by atoms with Gasteiger partial charge in [-0.2, -0.15) is 4.98 Å². The van der Waals surface area contributed by atoms with Crippen LogP contribution in [0, 0.1) is 0 Å². The second kappa shape index (κ2) is 5.56. The normalized spacial score (nSPS) is 25.5. The van der Waals surface area contributed by atoms with E-state index in [2.05, 4.69) is 20.4 Å². The second-order valence-corrected chi connectivity index (χ2v) is 5.81. The molecule has 2 saturated heterocycles. The number of nitrogens with zero attached hydrogens (tertiary/aromatic N) is 4. The maximum Gasteiger partial charge on any atom is 0.410 e. The van der Waals surface area contributed by atoms with Crippen LogP contribution in [0.4, 0.5) is 4.79 Å². The first-order chi connectivity index (χ1) is 10.5. The van der Waals surface area contributed by atoms with Gasteiger partial charge in [-0.3, -0.25) is 9.69 Å². The molecule has 9 nitrogen and oxygen atoms in total. The zero-order chi connectivity index (χ0) is 15.7. The molecule has 0 bridgehead atoms. The molecule has 2 amide bonds. The topological polar surface area (TPSA) is 101 Å². The first-order valence-corrected chi connectivity index (χ1v) is 7.22. The number of likely N-dealkylation sites (tertiary alicyclic amines) is 1. The summed E-state index contributed by atoms with van der Waals surface area (Å²) in [5.74, 6) is 0.0287. The van der Waals surface area contributed by atoms with Gasteiger partial charge in [0.2, 0.25) is 5.89 Å². The molecule has 0 saturated carbocycles. The third-order valence-electron chi connectivity index (χ3n) is 4.02. The van der Waals surface area contributed by atoms with Crippen LogP contribution in [-0.4, -0.2) is 71.3 Å². The molecule has 0 aliphatic carbocycles. The lowest BCUT2D eigenvalue weighted by molar-refractivity contribution is -0.0139. The lowest BCUT2D eigenvalue weighted by Crippen LogP contribution is -2.50. The van der Waals surface area contributed by atoms with Gasteiger partial charge in [0.15, 0.2) is 0 Å². The maximum absolute atomic E-state index is 11.6. The van der Waals surface area contributed by atoms with Crippen molar-refractivity contribution < 1.29 is 18.8 Å². The summed E-state index contributed by atoms with van der Waals surface area (Å²) in [6.45, 7) is 2.52. The van der Waals surface area contributed by atoms with Crippen LogP contribution in [0.25, 0.3) is 0 Å². The van der Waals surface area contributed by atoms with Crippen molar-refractivity contribution in [1.82, 2.24) is 25.3 Å². The second-order valence-electron chi connectivity index (χ2n) is 5.81. The van der Waals surface area contributed by atoms with Crippen LogP contribution in [0.5, 0.6) is 0 Å². The van der Waals surface area contributed by atoms with Gasteiger partial charge in [0, 0.05) is 20.6 Å². The van der Waals surface area contributed by atoms with E-state index in [1.807, 2.05) is 0 Å². The Kier molecular flexibility index (Phi) is 3.73. The monoisotopic (exact) mass is 309 g/mol. The van der Waals surface area contributed by atoms with Gasteiger partial charge in [-0.1, -0.05) is 5.16 Å². The zero-order valence-electron chi connectivity index (χ0n) is 12.7. The molecule has 2 fully saturated rings. The number of piperidine rings is 1. The number of amides is 2. The van der Waals surface area contributed by atoms with E-state index in [4.69, 9.17) is 9.26 Å². The number of carbonyl (C=O) groups is 2. The summed E-state index contributed by atoms with van der Waals surface area (Å²) in [6, 6.07) is 0. The molecule has 1 N–H and O–H groups in total. The maximum atomic E-state index is 11.6. The summed E-state index contributed by atoms with van der Waals surface area (Å²) in [6.07, 6.45) is 1.51.